The van der Waals surface area contributed by atoms with Crippen molar-refractivity contribution in [2.75, 3.05) is 38.2 Å². The van der Waals surface area contributed by atoms with Gasteiger partial charge in [0.25, 0.3) is 0 Å². The Morgan fingerprint density at radius 1 is 0.794 bits per heavy atom. The van der Waals surface area contributed by atoms with Crippen molar-refractivity contribution in [3.8, 4) is 16.9 Å². The Kier molecular flexibility index (Phi) is 6.54. The molecule has 1 aliphatic heterocycles. The number of benzene rings is 3. The molecule has 172 valence electrons. The molecular weight excluding hydrogens is 425 g/mol. The fourth-order valence-electron chi connectivity index (χ4n) is 4.79. The number of halogens is 1. The zero-order chi connectivity index (χ0) is 23.3. The molecule has 4 aromatic rings. The maximum absolute atomic E-state index is 13.7. The molecule has 5 rings (SSSR count). The number of pyridine rings is 1. The first-order valence-electron chi connectivity index (χ1n) is 11.6. The maximum atomic E-state index is 13.7. The quantitative estimate of drug-likeness (QED) is 0.369. The topological polar surface area (TPSA) is 28.6 Å². The van der Waals surface area contributed by atoms with Gasteiger partial charge in [0.1, 0.15) is 11.6 Å². The monoisotopic (exact) mass is 453 g/mol. The number of methoxy groups -OCH3 is 1. The van der Waals surface area contributed by atoms with Crippen LogP contribution in [0.2, 0.25) is 0 Å². The van der Waals surface area contributed by atoms with Gasteiger partial charge in [-0.2, -0.15) is 0 Å². The minimum absolute atomic E-state index is 0.144. The van der Waals surface area contributed by atoms with Gasteiger partial charge in [0.2, 0.25) is 0 Å². The second-order valence-corrected chi connectivity index (χ2v) is 8.51. The Morgan fingerprint density at radius 3 is 2.15 bits per heavy atom. The van der Waals surface area contributed by atoms with Crippen LogP contribution in [0.25, 0.3) is 11.1 Å². The molecule has 0 aliphatic carbocycles. The summed E-state index contributed by atoms with van der Waals surface area (Å²) in [7, 11) is 1.57. The first-order valence-corrected chi connectivity index (χ1v) is 11.6. The van der Waals surface area contributed by atoms with Crippen LogP contribution in [0.4, 0.5) is 10.1 Å². The molecule has 0 amide bonds. The second-order valence-electron chi connectivity index (χ2n) is 8.51. The van der Waals surface area contributed by atoms with E-state index in [4.69, 9.17) is 4.74 Å². The molecule has 1 saturated heterocycles. The van der Waals surface area contributed by atoms with Gasteiger partial charge in [-0.15, -0.1) is 0 Å². The summed E-state index contributed by atoms with van der Waals surface area (Å²) in [5, 5.41) is 0. The highest BCUT2D eigenvalue weighted by Gasteiger charge is 2.26. The molecule has 1 aromatic heterocycles. The predicted octanol–water partition coefficient (Wildman–Crippen LogP) is 5.81. The minimum atomic E-state index is -0.301. The van der Waals surface area contributed by atoms with Gasteiger partial charge in [0.05, 0.1) is 13.2 Å². The van der Waals surface area contributed by atoms with Crippen LogP contribution in [0.1, 0.15) is 17.2 Å². The van der Waals surface area contributed by atoms with Crippen molar-refractivity contribution in [2.24, 2.45) is 0 Å². The summed E-state index contributed by atoms with van der Waals surface area (Å²) in [6.45, 7) is 3.90. The van der Waals surface area contributed by atoms with Crippen LogP contribution in [0.5, 0.6) is 5.75 Å². The van der Waals surface area contributed by atoms with Gasteiger partial charge >= 0.3 is 0 Å². The van der Waals surface area contributed by atoms with Crippen molar-refractivity contribution in [3.05, 3.63) is 114 Å². The van der Waals surface area contributed by atoms with Crippen molar-refractivity contribution in [2.45, 2.75) is 6.04 Å². The van der Waals surface area contributed by atoms with Crippen molar-refractivity contribution >= 4 is 5.69 Å². The highest BCUT2D eigenvalue weighted by Crippen LogP contribution is 2.34. The van der Waals surface area contributed by atoms with E-state index in [0.29, 0.717) is 5.75 Å². The molecule has 5 heteroatoms. The van der Waals surface area contributed by atoms with Crippen LogP contribution in [-0.4, -0.2) is 43.2 Å². The molecule has 1 atom stereocenters. The van der Waals surface area contributed by atoms with Gasteiger partial charge in [-0.25, -0.2) is 4.39 Å². The third kappa shape index (κ3) is 4.66. The molecule has 3 aromatic carbocycles. The van der Waals surface area contributed by atoms with E-state index in [1.807, 2.05) is 12.4 Å². The normalized spacial score (nSPS) is 15.2. The van der Waals surface area contributed by atoms with Crippen LogP contribution < -0.4 is 9.64 Å². The molecule has 0 saturated carbocycles. The first kappa shape index (κ1) is 22.1. The van der Waals surface area contributed by atoms with Crippen LogP contribution in [-0.2, 0) is 0 Å². The fraction of sp³-hybridized carbons (Fsp3) is 0.207. The van der Waals surface area contributed by atoms with E-state index < -0.39 is 0 Å². The standard InChI is InChI=1S/C29H28FN3O/c1-34-28-21-25(30)11-12-27(28)22-7-9-23(10-8-22)29(24-13-15-31-16-14-24)33-19-17-32(18-20-33)26-5-3-2-4-6-26/h2-16,21,29H,17-20H2,1H3. The Bertz CT molecular complexity index is 1210. The lowest BCUT2D eigenvalue weighted by Gasteiger charge is -2.40. The highest BCUT2D eigenvalue weighted by molar-refractivity contribution is 5.70. The summed E-state index contributed by atoms with van der Waals surface area (Å²) in [6.07, 6.45) is 3.72. The van der Waals surface area contributed by atoms with Crippen LogP contribution in [0, 0.1) is 5.82 Å². The lowest BCUT2D eigenvalue weighted by molar-refractivity contribution is 0.212. The third-order valence-corrected chi connectivity index (χ3v) is 6.52. The third-order valence-electron chi connectivity index (χ3n) is 6.52. The molecule has 1 fully saturated rings. The first-order chi connectivity index (χ1) is 16.7. The fourth-order valence-corrected chi connectivity index (χ4v) is 4.79. The number of aromatic nitrogens is 1. The van der Waals surface area contributed by atoms with Crippen LogP contribution in [0.3, 0.4) is 0 Å². The number of piperazine rings is 1. The average molecular weight is 454 g/mol. The van der Waals surface area contributed by atoms with E-state index in [1.165, 1.54) is 28.9 Å². The van der Waals surface area contributed by atoms with Gasteiger partial charge in [-0.3, -0.25) is 9.88 Å². The van der Waals surface area contributed by atoms with Crippen LogP contribution in [0.15, 0.2) is 97.3 Å². The van der Waals surface area contributed by atoms with Crippen molar-refractivity contribution in [1.29, 1.82) is 0 Å². The molecule has 0 radical (unpaired) electrons. The highest BCUT2D eigenvalue weighted by atomic mass is 19.1. The van der Waals surface area contributed by atoms with Gasteiger partial charge in [0, 0.05) is 55.9 Å². The summed E-state index contributed by atoms with van der Waals surface area (Å²) in [5.74, 6) is 0.236. The number of hydrogen-bond acceptors (Lipinski definition) is 4. The van der Waals surface area contributed by atoms with E-state index in [9.17, 15) is 4.39 Å². The van der Waals surface area contributed by atoms with Gasteiger partial charge in [-0.1, -0.05) is 42.5 Å². The summed E-state index contributed by atoms with van der Waals surface area (Å²) in [4.78, 5) is 9.22. The maximum Gasteiger partial charge on any atom is 0.129 e. The summed E-state index contributed by atoms with van der Waals surface area (Å²) < 4.78 is 19.1. The Morgan fingerprint density at radius 2 is 1.47 bits per heavy atom. The molecule has 0 N–H and O–H groups in total. The second kappa shape index (κ2) is 10.1. The zero-order valence-corrected chi connectivity index (χ0v) is 19.3. The molecule has 34 heavy (non-hydrogen) atoms. The molecule has 1 aliphatic rings. The van der Waals surface area contributed by atoms with Crippen molar-refractivity contribution < 1.29 is 9.13 Å². The predicted molar refractivity (Wildman–Crippen MR) is 135 cm³/mol. The Hall–Kier alpha value is -3.70. The van der Waals surface area contributed by atoms with E-state index in [2.05, 4.69) is 81.5 Å². The molecule has 1 unspecified atom stereocenters. The van der Waals surface area contributed by atoms with E-state index in [0.717, 1.165) is 37.3 Å². The molecular formula is C29H28FN3O. The number of anilines is 1. The van der Waals surface area contributed by atoms with Gasteiger partial charge < -0.3 is 9.64 Å². The molecule has 0 bridgehead atoms. The summed E-state index contributed by atoms with van der Waals surface area (Å²) >= 11 is 0. The van der Waals surface area contributed by atoms with Crippen molar-refractivity contribution in [1.82, 2.24) is 9.88 Å². The lowest BCUT2D eigenvalue weighted by Crippen LogP contribution is -2.48. The summed E-state index contributed by atoms with van der Waals surface area (Å²) in [6, 6.07) is 28.2. The molecule has 0 spiro atoms. The number of rotatable bonds is 6. The van der Waals surface area contributed by atoms with E-state index in [-0.39, 0.29) is 11.9 Å². The Labute approximate surface area is 200 Å². The number of nitrogens with zero attached hydrogens (tertiary/aromatic N) is 3. The number of ether oxygens (including phenoxy) is 1. The van der Waals surface area contributed by atoms with E-state index >= 15 is 0 Å². The summed E-state index contributed by atoms with van der Waals surface area (Å²) in [5.41, 5.74) is 5.62. The van der Waals surface area contributed by atoms with Gasteiger partial charge in [0.15, 0.2) is 0 Å². The zero-order valence-electron chi connectivity index (χ0n) is 19.3. The number of para-hydroxylation sites is 1. The Balaban J connectivity index is 1.41. The van der Waals surface area contributed by atoms with E-state index in [1.54, 1.807) is 13.2 Å². The van der Waals surface area contributed by atoms with Gasteiger partial charge in [-0.05, 0) is 53.1 Å². The number of hydrogen-bond donors (Lipinski definition) is 0. The average Bonchev–Trinajstić information content (AvgIpc) is 2.91. The largest absolute Gasteiger partial charge is 0.496 e. The van der Waals surface area contributed by atoms with Crippen molar-refractivity contribution in [3.63, 3.8) is 0 Å². The molecule has 2 heterocycles. The molecule has 4 nitrogen and oxygen atoms in total. The van der Waals surface area contributed by atoms with Crippen LogP contribution >= 0.6 is 0 Å². The smallest absolute Gasteiger partial charge is 0.129 e. The SMILES string of the molecule is COc1cc(F)ccc1-c1ccc(C(c2ccncc2)N2CCN(c3ccccc3)CC2)cc1. The lowest BCUT2D eigenvalue weighted by atomic mass is 9.94. The minimum Gasteiger partial charge on any atom is -0.496 e.